The third-order valence-corrected chi connectivity index (χ3v) is 3.42. The molecule has 0 aromatic heterocycles. The quantitative estimate of drug-likeness (QED) is 0.892. The van der Waals surface area contributed by atoms with Crippen LogP contribution in [0.5, 0.6) is 0 Å². The molecule has 0 saturated heterocycles. The molecule has 20 heavy (non-hydrogen) atoms. The SMILES string of the molecule is COC[C@@H](C)NC(=O)[C@@H]1CC(c2cccc(Br)c2)=NO1. The van der Waals surface area contributed by atoms with Gasteiger partial charge in [-0.25, -0.2) is 0 Å². The molecule has 0 bridgehead atoms. The predicted molar refractivity (Wildman–Crippen MR) is 79.6 cm³/mol. The van der Waals surface area contributed by atoms with Crippen LogP contribution in [0.1, 0.15) is 18.9 Å². The zero-order valence-corrected chi connectivity index (χ0v) is 13.0. The van der Waals surface area contributed by atoms with Crippen molar-refractivity contribution in [3.8, 4) is 0 Å². The van der Waals surface area contributed by atoms with Crippen molar-refractivity contribution in [1.29, 1.82) is 0 Å². The van der Waals surface area contributed by atoms with E-state index in [9.17, 15) is 4.79 Å². The van der Waals surface area contributed by atoms with Gasteiger partial charge in [-0.1, -0.05) is 33.2 Å². The first-order valence-corrected chi connectivity index (χ1v) is 7.17. The molecular weight excluding hydrogens is 324 g/mol. The molecule has 1 heterocycles. The normalized spacial score (nSPS) is 19.1. The molecule has 1 aromatic rings. The maximum atomic E-state index is 12.0. The number of rotatable bonds is 5. The Morgan fingerprint density at radius 1 is 1.65 bits per heavy atom. The lowest BCUT2D eigenvalue weighted by molar-refractivity contribution is -0.132. The molecule has 0 spiro atoms. The number of nitrogens with zero attached hydrogens (tertiary/aromatic N) is 1. The molecule has 1 amide bonds. The fourth-order valence-electron chi connectivity index (χ4n) is 1.98. The van der Waals surface area contributed by atoms with E-state index in [-0.39, 0.29) is 11.9 Å². The zero-order chi connectivity index (χ0) is 14.5. The largest absolute Gasteiger partial charge is 0.383 e. The molecule has 1 aliphatic heterocycles. The van der Waals surface area contributed by atoms with Crippen molar-refractivity contribution >= 4 is 27.5 Å². The number of oxime groups is 1. The number of halogens is 1. The Balaban J connectivity index is 1.93. The van der Waals surface area contributed by atoms with Gasteiger partial charge in [0, 0.05) is 29.6 Å². The molecule has 5 nitrogen and oxygen atoms in total. The summed E-state index contributed by atoms with van der Waals surface area (Å²) in [6.07, 6.45) is -0.0922. The van der Waals surface area contributed by atoms with E-state index in [1.165, 1.54) is 0 Å². The van der Waals surface area contributed by atoms with Gasteiger partial charge >= 0.3 is 0 Å². The van der Waals surface area contributed by atoms with Crippen molar-refractivity contribution in [3.05, 3.63) is 34.3 Å². The van der Waals surface area contributed by atoms with Crippen LogP contribution in [-0.2, 0) is 14.4 Å². The van der Waals surface area contributed by atoms with Crippen LogP contribution in [-0.4, -0.2) is 37.5 Å². The minimum Gasteiger partial charge on any atom is -0.383 e. The van der Waals surface area contributed by atoms with Crippen molar-refractivity contribution in [2.75, 3.05) is 13.7 Å². The Morgan fingerprint density at radius 3 is 3.15 bits per heavy atom. The van der Waals surface area contributed by atoms with E-state index >= 15 is 0 Å². The number of hydrogen-bond donors (Lipinski definition) is 1. The van der Waals surface area contributed by atoms with Gasteiger partial charge in [-0.2, -0.15) is 0 Å². The lowest BCUT2D eigenvalue weighted by Crippen LogP contribution is -2.42. The van der Waals surface area contributed by atoms with E-state index in [0.717, 1.165) is 15.7 Å². The number of hydrogen-bond acceptors (Lipinski definition) is 4. The molecule has 0 radical (unpaired) electrons. The molecule has 0 aliphatic carbocycles. The Hall–Kier alpha value is -1.40. The van der Waals surface area contributed by atoms with Gasteiger partial charge in [-0.05, 0) is 19.1 Å². The summed E-state index contributed by atoms with van der Waals surface area (Å²) in [5.74, 6) is -0.164. The molecule has 0 saturated carbocycles. The maximum Gasteiger partial charge on any atom is 0.264 e. The lowest BCUT2D eigenvalue weighted by Gasteiger charge is -2.15. The minimum absolute atomic E-state index is 0.0500. The van der Waals surface area contributed by atoms with Crippen molar-refractivity contribution < 1.29 is 14.4 Å². The fourth-order valence-corrected chi connectivity index (χ4v) is 2.38. The van der Waals surface area contributed by atoms with E-state index in [0.29, 0.717) is 13.0 Å². The first-order chi connectivity index (χ1) is 9.60. The molecule has 1 aromatic carbocycles. The Bertz CT molecular complexity index is 519. The summed E-state index contributed by atoms with van der Waals surface area (Å²) < 4.78 is 5.95. The average molecular weight is 341 g/mol. The summed E-state index contributed by atoms with van der Waals surface area (Å²) in [7, 11) is 1.60. The van der Waals surface area contributed by atoms with Crippen LogP contribution in [0.15, 0.2) is 33.9 Å². The Kier molecular flexibility index (Phi) is 5.14. The summed E-state index contributed by atoms with van der Waals surface area (Å²) in [4.78, 5) is 17.2. The molecule has 1 N–H and O–H groups in total. The Morgan fingerprint density at radius 2 is 2.45 bits per heavy atom. The molecular formula is C14H17BrN2O3. The van der Waals surface area contributed by atoms with Gasteiger partial charge in [0.05, 0.1) is 12.3 Å². The zero-order valence-electron chi connectivity index (χ0n) is 11.4. The predicted octanol–water partition coefficient (Wildman–Crippen LogP) is 2.09. The van der Waals surface area contributed by atoms with Crippen LogP contribution in [0.3, 0.4) is 0 Å². The standard InChI is InChI=1S/C14H17BrN2O3/c1-9(8-19-2)16-14(18)13-7-12(17-20-13)10-4-3-5-11(15)6-10/h3-6,9,13H,7-8H2,1-2H3,(H,16,18)/t9-,13+/m1/s1. The Labute approximate surface area is 126 Å². The highest BCUT2D eigenvalue weighted by Crippen LogP contribution is 2.19. The molecule has 0 fully saturated rings. The summed E-state index contributed by atoms with van der Waals surface area (Å²) in [6, 6.07) is 7.72. The van der Waals surface area contributed by atoms with Crippen LogP contribution < -0.4 is 5.32 Å². The molecule has 1 aliphatic rings. The van der Waals surface area contributed by atoms with Crippen LogP contribution in [0.2, 0.25) is 0 Å². The first kappa shape index (κ1) is 15.0. The number of carbonyl (C=O) groups is 1. The second-order valence-electron chi connectivity index (χ2n) is 4.71. The summed E-state index contributed by atoms with van der Waals surface area (Å²) >= 11 is 3.41. The minimum atomic E-state index is -0.566. The maximum absolute atomic E-state index is 12.0. The van der Waals surface area contributed by atoms with E-state index in [1.54, 1.807) is 7.11 Å². The van der Waals surface area contributed by atoms with Crippen LogP contribution in [0.25, 0.3) is 0 Å². The third-order valence-electron chi connectivity index (χ3n) is 2.92. The van der Waals surface area contributed by atoms with Crippen LogP contribution in [0.4, 0.5) is 0 Å². The second-order valence-corrected chi connectivity index (χ2v) is 5.63. The van der Waals surface area contributed by atoms with Crippen molar-refractivity contribution in [2.24, 2.45) is 5.16 Å². The molecule has 0 unspecified atom stereocenters. The summed E-state index contributed by atoms with van der Waals surface area (Å²) in [5, 5.41) is 6.84. The van der Waals surface area contributed by atoms with Crippen molar-refractivity contribution in [3.63, 3.8) is 0 Å². The monoisotopic (exact) mass is 340 g/mol. The van der Waals surface area contributed by atoms with Gasteiger partial charge in [0.15, 0.2) is 0 Å². The van der Waals surface area contributed by atoms with Crippen molar-refractivity contribution in [1.82, 2.24) is 5.32 Å². The average Bonchev–Trinajstić information content (AvgIpc) is 2.88. The first-order valence-electron chi connectivity index (χ1n) is 6.38. The number of methoxy groups -OCH3 is 1. The van der Waals surface area contributed by atoms with Gasteiger partial charge < -0.3 is 14.9 Å². The summed E-state index contributed by atoms with van der Waals surface area (Å²) in [6.45, 7) is 2.35. The number of ether oxygens (including phenoxy) is 1. The van der Waals surface area contributed by atoms with E-state index in [1.807, 2.05) is 31.2 Å². The fraction of sp³-hybridized carbons (Fsp3) is 0.429. The number of nitrogens with one attached hydrogen (secondary N) is 1. The molecule has 6 heteroatoms. The molecule has 2 rings (SSSR count). The van der Waals surface area contributed by atoms with Gasteiger partial charge in [0.2, 0.25) is 6.10 Å². The number of carbonyl (C=O) groups excluding carboxylic acids is 1. The van der Waals surface area contributed by atoms with Crippen LogP contribution in [0, 0.1) is 0 Å². The lowest BCUT2D eigenvalue weighted by atomic mass is 10.0. The van der Waals surface area contributed by atoms with Gasteiger partial charge in [-0.3, -0.25) is 4.79 Å². The van der Waals surface area contributed by atoms with Crippen LogP contribution >= 0.6 is 15.9 Å². The smallest absolute Gasteiger partial charge is 0.264 e. The number of amides is 1. The molecule has 2 atom stereocenters. The van der Waals surface area contributed by atoms with E-state index < -0.39 is 6.10 Å². The van der Waals surface area contributed by atoms with Gasteiger partial charge in [-0.15, -0.1) is 0 Å². The van der Waals surface area contributed by atoms with Gasteiger partial charge in [0.1, 0.15) is 0 Å². The summed E-state index contributed by atoms with van der Waals surface area (Å²) in [5.41, 5.74) is 1.74. The van der Waals surface area contributed by atoms with Crippen molar-refractivity contribution in [2.45, 2.75) is 25.5 Å². The second kappa shape index (κ2) is 6.85. The third kappa shape index (κ3) is 3.80. The highest BCUT2D eigenvalue weighted by Gasteiger charge is 2.29. The topological polar surface area (TPSA) is 59.9 Å². The van der Waals surface area contributed by atoms with E-state index in [4.69, 9.17) is 9.57 Å². The highest BCUT2D eigenvalue weighted by atomic mass is 79.9. The number of benzene rings is 1. The van der Waals surface area contributed by atoms with Gasteiger partial charge in [0.25, 0.3) is 5.91 Å². The highest BCUT2D eigenvalue weighted by molar-refractivity contribution is 9.10. The van der Waals surface area contributed by atoms with E-state index in [2.05, 4.69) is 26.4 Å². The molecule has 108 valence electrons.